The van der Waals surface area contributed by atoms with E-state index in [0.717, 1.165) is 5.56 Å². The zero-order chi connectivity index (χ0) is 19.0. The van der Waals surface area contributed by atoms with Crippen molar-refractivity contribution < 1.29 is 13.6 Å². The van der Waals surface area contributed by atoms with E-state index in [0.29, 0.717) is 11.6 Å². The standard InChI is InChI=1S/C20H14N2O5/c1-11-8-16-14(20(24)26-11)9-13(19(23)27-16)15-10-17(25-2)22-18(21-15)12-6-4-3-5-7-12/h3-10H,1-2H3. The molecule has 0 N–H and O–H groups in total. The Morgan fingerprint density at radius 3 is 2.44 bits per heavy atom. The van der Waals surface area contributed by atoms with Crippen LogP contribution in [-0.2, 0) is 0 Å². The van der Waals surface area contributed by atoms with Crippen molar-refractivity contribution in [3.05, 3.63) is 75.1 Å². The predicted octanol–water partition coefficient (Wildman–Crippen LogP) is 3.19. The van der Waals surface area contributed by atoms with Crippen molar-refractivity contribution in [2.24, 2.45) is 0 Å². The van der Waals surface area contributed by atoms with Crippen LogP contribution in [-0.4, -0.2) is 17.1 Å². The van der Waals surface area contributed by atoms with E-state index in [-0.39, 0.29) is 28.1 Å². The Hall–Kier alpha value is -3.74. The van der Waals surface area contributed by atoms with Gasteiger partial charge in [0.05, 0.1) is 18.4 Å². The molecule has 4 aromatic rings. The monoisotopic (exact) mass is 362 g/mol. The van der Waals surface area contributed by atoms with Crippen molar-refractivity contribution in [3.63, 3.8) is 0 Å². The fourth-order valence-electron chi connectivity index (χ4n) is 2.73. The van der Waals surface area contributed by atoms with Gasteiger partial charge in [-0.3, -0.25) is 0 Å². The molecule has 7 nitrogen and oxygen atoms in total. The number of methoxy groups -OCH3 is 1. The van der Waals surface area contributed by atoms with Crippen molar-refractivity contribution in [1.82, 2.24) is 9.97 Å². The third-order valence-corrected chi connectivity index (χ3v) is 4.00. The second-order valence-electron chi connectivity index (χ2n) is 5.86. The molecule has 3 aromatic heterocycles. The van der Waals surface area contributed by atoms with Crippen LogP contribution in [0.3, 0.4) is 0 Å². The molecule has 0 amide bonds. The minimum atomic E-state index is -0.618. The largest absolute Gasteiger partial charge is 0.481 e. The van der Waals surface area contributed by atoms with E-state index in [1.165, 1.54) is 25.3 Å². The van der Waals surface area contributed by atoms with E-state index in [1.54, 1.807) is 6.92 Å². The van der Waals surface area contributed by atoms with Crippen molar-refractivity contribution in [1.29, 1.82) is 0 Å². The van der Waals surface area contributed by atoms with Crippen LogP contribution in [0.2, 0.25) is 0 Å². The number of benzene rings is 1. The third-order valence-electron chi connectivity index (χ3n) is 4.00. The van der Waals surface area contributed by atoms with Crippen LogP contribution in [0.1, 0.15) is 5.76 Å². The molecule has 4 rings (SSSR count). The Morgan fingerprint density at radius 2 is 1.70 bits per heavy atom. The molecule has 0 aliphatic heterocycles. The van der Waals surface area contributed by atoms with Crippen LogP contribution in [0.5, 0.6) is 5.88 Å². The fourth-order valence-corrected chi connectivity index (χ4v) is 2.73. The minimum absolute atomic E-state index is 0.122. The molecule has 0 spiro atoms. The van der Waals surface area contributed by atoms with Gasteiger partial charge in [0.15, 0.2) is 5.82 Å². The Bertz CT molecular complexity index is 1260. The first kappa shape index (κ1) is 16.7. The maximum absolute atomic E-state index is 12.5. The van der Waals surface area contributed by atoms with Gasteiger partial charge >= 0.3 is 11.3 Å². The van der Waals surface area contributed by atoms with Crippen molar-refractivity contribution in [2.45, 2.75) is 6.92 Å². The minimum Gasteiger partial charge on any atom is -0.481 e. The molecule has 134 valence electrons. The average molecular weight is 362 g/mol. The van der Waals surface area contributed by atoms with E-state index in [1.807, 2.05) is 30.3 Å². The summed E-state index contributed by atoms with van der Waals surface area (Å²) in [6, 6.07) is 13.7. The summed E-state index contributed by atoms with van der Waals surface area (Å²) in [4.78, 5) is 33.4. The molecule has 3 heterocycles. The van der Waals surface area contributed by atoms with Gasteiger partial charge in [-0.25, -0.2) is 14.6 Å². The summed E-state index contributed by atoms with van der Waals surface area (Å²) in [7, 11) is 1.47. The molecule has 0 saturated heterocycles. The summed E-state index contributed by atoms with van der Waals surface area (Å²) in [5.41, 5.74) is 0.138. The van der Waals surface area contributed by atoms with Crippen molar-refractivity contribution >= 4 is 11.0 Å². The number of hydrogen-bond acceptors (Lipinski definition) is 7. The van der Waals surface area contributed by atoms with Crippen LogP contribution in [0, 0.1) is 6.92 Å². The van der Waals surface area contributed by atoms with Gasteiger partial charge in [-0.05, 0) is 13.0 Å². The number of ether oxygens (including phenoxy) is 1. The lowest BCUT2D eigenvalue weighted by Gasteiger charge is -2.07. The summed E-state index contributed by atoms with van der Waals surface area (Å²) < 4.78 is 15.6. The summed E-state index contributed by atoms with van der Waals surface area (Å²) in [5.74, 6) is 1.04. The topological polar surface area (TPSA) is 95.4 Å². The first-order chi connectivity index (χ1) is 13.0. The summed E-state index contributed by atoms with van der Waals surface area (Å²) in [6.07, 6.45) is 0. The number of fused-ring (bicyclic) bond motifs is 1. The molecule has 0 atom stereocenters. The van der Waals surface area contributed by atoms with E-state index in [9.17, 15) is 9.59 Å². The normalized spacial score (nSPS) is 10.9. The highest BCUT2D eigenvalue weighted by molar-refractivity contribution is 5.80. The van der Waals surface area contributed by atoms with Crippen LogP contribution >= 0.6 is 0 Å². The molecular weight excluding hydrogens is 348 g/mol. The summed E-state index contributed by atoms with van der Waals surface area (Å²) in [5, 5.41) is 0.161. The van der Waals surface area contributed by atoms with Crippen LogP contribution in [0.4, 0.5) is 0 Å². The van der Waals surface area contributed by atoms with Crippen LogP contribution in [0.15, 0.2) is 67.0 Å². The molecule has 27 heavy (non-hydrogen) atoms. The predicted molar refractivity (Wildman–Crippen MR) is 98.8 cm³/mol. The van der Waals surface area contributed by atoms with E-state index in [4.69, 9.17) is 13.6 Å². The SMILES string of the molecule is COc1cc(-c2cc3c(=O)oc(C)cc3oc2=O)nc(-c2ccccc2)n1. The maximum Gasteiger partial charge on any atom is 0.347 e. The molecule has 1 aromatic carbocycles. The lowest BCUT2D eigenvalue weighted by molar-refractivity contribution is 0.397. The van der Waals surface area contributed by atoms with Crippen LogP contribution < -0.4 is 16.0 Å². The molecular formula is C20H14N2O5. The Balaban J connectivity index is 1.97. The second kappa shape index (κ2) is 6.53. The van der Waals surface area contributed by atoms with Gasteiger partial charge in [-0.15, -0.1) is 0 Å². The molecule has 0 bridgehead atoms. The van der Waals surface area contributed by atoms with Gasteiger partial charge in [-0.2, -0.15) is 4.98 Å². The average Bonchev–Trinajstić information content (AvgIpc) is 2.67. The van der Waals surface area contributed by atoms with Gasteiger partial charge in [0.25, 0.3) is 0 Å². The fraction of sp³-hybridized carbons (Fsp3) is 0.100. The highest BCUT2D eigenvalue weighted by Crippen LogP contribution is 2.25. The molecule has 0 saturated carbocycles. The highest BCUT2D eigenvalue weighted by Gasteiger charge is 2.16. The van der Waals surface area contributed by atoms with Gasteiger partial charge in [0.1, 0.15) is 16.7 Å². The maximum atomic E-state index is 12.5. The van der Waals surface area contributed by atoms with E-state index >= 15 is 0 Å². The number of aryl methyl sites for hydroxylation is 1. The number of nitrogens with zero attached hydrogens (tertiary/aromatic N) is 2. The number of hydrogen-bond donors (Lipinski definition) is 0. The first-order valence-corrected chi connectivity index (χ1v) is 8.12. The van der Waals surface area contributed by atoms with E-state index in [2.05, 4.69) is 9.97 Å². The molecule has 0 unspecified atom stereocenters. The second-order valence-corrected chi connectivity index (χ2v) is 5.86. The summed E-state index contributed by atoms with van der Waals surface area (Å²) in [6.45, 7) is 1.61. The lowest BCUT2D eigenvalue weighted by Crippen LogP contribution is -2.09. The third kappa shape index (κ3) is 3.10. The van der Waals surface area contributed by atoms with Crippen molar-refractivity contribution in [3.8, 4) is 28.5 Å². The zero-order valence-electron chi connectivity index (χ0n) is 14.6. The van der Waals surface area contributed by atoms with Gasteiger partial charge in [0, 0.05) is 17.7 Å². The Labute approximate surface area is 152 Å². The Kier molecular flexibility index (Phi) is 4.04. The summed E-state index contributed by atoms with van der Waals surface area (Å²) >= 11 is 0. The molecule has 7 heteroatoms. The smallest absolute Gasteiger partial charge is 0.347 e. The molecule has 0 aliphatic carbocycles. The van der Waals surface area contributed by atoms with Crippen molar-refractivity contribution in [2.75, 3.05) is 7.11 Å². The molecule has 0 fully saturated rings. The Morgan fingerprint density at radius 1 is 0.926 bits per heavy atom. The quantitative estimate of drug-likeness (QED) is 0.552. The van der Waals surface area contributed by atoms with Crippen LogP contribution in [0.25, 0.3) is 33.6 Å². The molecule has 0 aliphatic rings. The molecule has 0 radical (unpaired) electrons. The lowest BCUT2D eigenvalue weighted by atomic mass is 10.1. The van der Waals surface area contributed by atoms with Gasteiger partial charge < -0.3 is 13.6 Å². The van der Waals surface area contributed by atoms with E-state index < -0.39 is 11.3 Å². The first-order valence-electron chi connectivity index (χ1n) is 8.12. The number of rotatable bonds is 3. The zero-order valence-corrected chi connectivity index (χ0v) is 14.6. The van der Waals surface area contributed by atoms with Gasteiger partial charge in [0.2, 0.25) is 5.88 Å². The van der Waals surface area contributed by atoms with Gasteiger partial charge in [-0.1, -0.05) is 30.3 Å². The number of aromatic nitrogens is 2. The highest BCUT2D eigenvalue weighted by atomic mass is 16.5.